The summed E-state index contributed by atoms with van der Waals surface area (Å²) in [7, 11) is 0. The fraction of sp³-hybridized carbons (Fsp3) is 0.235. The molecule has 1 atom stereocenters. The monoisotopic (exact) mass is 284 g/mol. The van der Waals surface area contributed by atoms with Gasteiger partial charge in [-0.2, -0.15) is 0 Å². The highest BCUT2D eigenvalue weighted by Gasteiger charge is 2.15. The molecule has 0 aromatic heterocycles. The van der Waals surface area contributed by atoms with E-state index < -0.39 is 0 Å². The molecule has 4 nitrogen and oxygen atoms in total. The van der Waals surface area contributed by atoms with Crippen molar-refractivity contribution in [1.29, 1.82) is 0 Å². The van der Waals surface area contributed by atoms with Crippen molar-refractivity contribution in [3.63, 3.8) is 0 Å². The van der Waals surface area contributed by atoms with Gasteiger partial charge in [0.1, 0.15) is 0 Å². The highest BCUT2D eigenvalue weighted by Crippen LogP contribution is 2.24. The van der Waals surface area contributed by atoms with E-state index in [0.717, 1.165) is 12.8 Å². The van der Waals surface area contributed by atoms with E-state index in [0.29, 0.717) is 0 Å². The fourth-order valence-electron chi connectivity index (χ4n) is 2.15. The minimum atomic E-state index is -0.305. The molecule has 0 heterocycles. The van der Waals surface area contributed by atoms with Gasteiger partial charge in [-0.1, -0.05) is 36.4 Å². The molecule has 21 heavy (non-hydrogen) atoms. The Balaban J connectivity index is 1.92. The van der Waals surface area contributed by atoms with Crippen LogP contribution >= 0.6 is 0 Å². The summed E-state index contributed by atoms with van der Waals surface area (Å²) in [5, 5.41) is 12.7. The SMILES string of the molecule is CC(CCc1ccccc1)NC(=O)c1cccc(N)c1O. The first-order valence-corrected chi connectivity index (χ1v) is 7.00. The number of phenolic OH excluding ortho intramolecular Hbond substituents is 1. The Morgan fingerprint density at radius 3 is 2.62 bits per heavy atom. The second-order valence-corrected chi connectivity index (χ2v) is 5.14. The number of amides is 1. The van der Waals surface area contributed by atoms with Gasteiger partial charge in [-0.3, -0.25) is 4.79 Å². The molecular weight excluding hydrogens is 264 g/mol. The molecule has 0 saturated carbocycles. The largest absolute Gasteiger partial charge is 0.505 e. The number of rotatable bonds is 5. The van der Waals surface area contributed by atoms with Crippen LogP contribution in [-0.2, 0) is 6.42 Å². The van der Waals surface area contributed by atoms with Crippen LogP contribution in [0.5, 0.6) is 5.75 Å². The third kappa shape index (κ3) is 3.99. The van der Waals surface area contributed by atoms with Crippen LogP contribution in [0.4, 0.5) is 5.69 Å². The molecule has 2 rings (SSSR count). The molecule has 0 radical (unpaired) electrons. The van der Waals surface area contributed by atoms with Gasteiger partial charge in [0.15, 0.2) is 5.75 Å². The molecule has 4 N–H and O–H groups in total. The summed E-state index contributed by atoms with van der Waals surface area (Å²) in [4.78, 5) is 12.1. The summed E-state index contributed by atoms with van der Waals surface area (Å²) in [6.45, 7) is 1.95. The molecule has 110 valence electrons. The maximum atomic E-state index is 12.1. The van der Waals surface area contributed by atoms with Gasteiger partial charge in [-0.15, -0.1) is 0 Å². The zero-order chi connectivity index (χ0) is 15.2. The second kappa shape index (κ2) is 6.79. The maximum Gasteiger partial charge on any atom is 0.255 e. The van der Waals surface area contributed by atoms with Gasteiger partial charge in [0.2, 0.25) is 0 Å². The first-order chi connectivity index (χ1) is 10.1. The number of aromatic hydroxyl groups is 1. The van der Waals surface area contributed by atoms with Crippen LogP contribution in [0, 0.1) is 0 Å². The highest BCUT2D eigenvalue weighted by atomic mass is 16.3. The van der Waals surface area contributed by atoms with Crippen molar-refractivity contribution < 1.29 is 9.90 Å². The van der Waals surface area contributed by atoms with E-state index in [9.17, 15) is 9.90 Å². The van der Waals surface area contributed by atoms with Gasteiger partial charge in [-0.25, -0.2) is 0 Å². The average Bonchev–Trinajstić information content (AvgIpc) is 2.49. The number of carbonyl (C=O) groups is 1. The number of hydrogen-bond donors (Lipinski definition) is 3. The molecular formula is C17H20N2O2. The molecule has 0 saturated heterocycles. The normalized spacial score (nSPS) is 11.9. The van der Waals surface area contributed by atoms with Crippen LogP contribution in [0.3, 0.4) is 0 Å². The number of nitrogens with two attached hydrogens (primary N) is 1. The number of hydrogen-bond acceptors (Lipinski definition) is 3. The lowest BCUT2D eigenvalue weighted by atomic mass is 10.1. The predicted molar refractivity (Wildman–Crippen MR) is 84.2 cm³/mol. The molecule has 0 aliphatic heterocycles. The summed E-state index contributed by atoms with van der Waals surface area (Å²) < 4.78 is 0. The number of phenols is 1. The van der Waals surface area contributed by atoms with E-state index in [-0.39, 0.29) is 28.9 Å². The lowest BCUT2D eigenvalue weighted by Gasteiger charge is -2.15. The Hall–Kier alpha value is -2.49. The minimum Gasteiger partial charge on any atom is -0.505 e. The summed E-state index contributed by atoms with van der Waals surface area (Å²) in [5.41, 5.74) is 7.25. The summed E-state index contributed by atoms with van der Waals surface area (Å²) >= 11 is 0. The zero-order valence-electron chi connectivity index (χ0n) is 12.0. The van der Waals surface area contributed by atoms with Crippen molar-refractivity contribution in [2.75, 3.05) is 5.73 Å². The molecule has 0 aliphatic carbocycles. The van der Waals surface area contributed by atoms with E-state index in [4.69, 9.17) is 5.73 Å². The van der Waals surface area contributed by atoms with Crippen molar-refractivity contribution in [3.05, 3.63) is 59.7 Å². The van der Waals surface area contributed by atoms with Crippen LogP contribution in [0.1, 0.15) is 29.3 Å². The molecule has 0 aliphatic rings. The number of nitrogens with one attached hydrogen (secondary N) is 1. The van der Waals surface area contributed by atoms with Crippen molar-refractivity contribution in [3.8, 4) is 5.75 Å². The molecule has 0 bridgehead atoms. The number of aryl methyl sites for hydroxylation is 1. The Labute approximate surface area is 124 Å². The first kappa shape index (κ1) is 14.9. The van der Waals surface area contributed by atoms with Crippen molar-refractivity contribution in [2.45, 2.75) is 25.8 Å². The van der Waals surface area contributed by atoms with Crippen LogP contribution < -0.4 is 11.1 Å². The zero-order valence-corrected chi connectivity index (χ0v) is 12.0. The molecule has 1 unspecified atom stereocenters. The lowest BCUT2D eigenvalue weighted by molar-refractivity contribution is 0.0936. The molecule has 0 fully saturated rings. The summed E-state index contributed by atoms with van der Waals surface area (Å²) in [5.74, 6) is -0.467. The van der Waals surface area contributed by atoms with Crippen LogP contribution in [0.15, 0.2) is 48.5 Å². The van der Waals surface area contributed by atoms with Crippen molar-refractivity contribution in [1.82, 2.24) is 5.32 Å². The number of anilines is 1. The van der Waals surface area contributed by atoms with Gasteiger partial charge < -0.3 is 16.2 Å². The number of para-hydroxylation sites is 1. The predicted octanol–water partition coefficient (Wildman–Crippen LogP) is 2.73. The first-order valence-electron chi connectivity index (χ1n) is 7.00. The topological polar surface area (TPSA) is 75.4 Å². The number of benzene rings is 2. The third-order valence-electron chi connectivity index (χ3n) is 3.40. The standard InChI is InChI=1S/C17H20N2O2/c1-12(10-11-13-6-3-2-4-7-13)19-17(21)14-8-5-9-15(18)16(14)20/h2-9,12,20H,10-11,18H2,1H3,(H,19,21). The van der Waals surface area contributed by atoms with Crippen LogP contribution in [0.25, 0.3) is 0 Å². The van der Waals surface area contributed by atoms with E-state index in [1.807, 2.05) is 25.1 Å². The van der Waals surface area contributed by atoms with E-state index in [1.165, 1.54) is 5.56 Å². The number of carbonyl (C=O) groups excluding carboxylic acids is 1. The lowest BCUT2D eigenvalue weighted by Crippen LogP contribution is -2.33. The van der Waals surface area contributed by atoms with Crippen molar-refractivity contribution >= 4 is 11.6 Å². The molecule has 1 amide bonds. The Morgan fingerprint density at radius 2 is 1.90 bits per heavy atom. The smallest absolute Gasteiger partial charge is 0.255 e. The van der Waals surface area contributed by atoms with Gasteiger partial charge in [-0.05, 0) is 37.5 Å². The fourth-order valence-corrected chi connectivity index (χ4v) is 2.15. The third-order valence-corrected chi connectivity index (χ3v) is 3.40. The molecule has 0 spiro atoms. The summed E-state index contributed by atoms with van der Waals surface area (Å²) in [6, 6.07) is 14.9. The van der Waals surface area contributed by atoms with Crippen molar-refractivity contribution in [2.24, 2.45) is 0 Å². The molecule has 4 heteroatoms. The van der Waals surface area contributed by atoms with E-state index >= 15 is 0 Å². The van der Waals surface area contributed by atoms with Gasteiger partial charge in [0.25, 0.3) is 5.91 Å². The van der Waals surface area contributed by atoms with E-state index in [2.05, 4.69) is 17.4 Å². The quantitative estimate of drug-likeness (QED) is 0.583. The Kier molecular flexibility index (Phi) is 4.82. The maximum absolute atomic E-state index is 12.1. The second-order valence-electron chi connectivity index (χ2n) is 5.14. The summed E-state index contributed by atoms with van der Waals surface area (Å²) in [6.07, 6.45) is 1.73. The van der Waals surface area contributed by atoms with Gasteiger partial charge >= 0.3 is 0 Å². The van der Waals surface area contributed by atoms with E-state index in [1.54, 1.807) is 18.2 Å². The molecule has 2 aromatic rings. The van der Waals surface area contributed by atoms with Gasteiger partial charge in [0.05, 0.1) is 11.3 Å². The highest BCUT2D eigenvalue weighted by molar-refractivity contribution is 5.98. The average molecular weight is 284 g/mol. The number of nitrogen functional groups attached to an aromatic ring is 1. The van der Waals surface area contributed by atoms with Crippen LogP contribution in [0.2, 0.25) is 0 Å². The minimum absolute atomic E-state index is 0.0125. The molecule has 2 aromatic carbocycles. The Morgan fingerprint density at radius 1 is 1.19 bits per heavy atom. The van der Waals surface area contributed by atoms with Crippen LogP contribution in [-0.4, -0.2) is 17.1 Å². The Bertz CT molecular complexity index is 611. The van der Waals surface area contributed by atoms with Gasteiger partial charge in [0, 0.05) is 6.04 Å².